The van der Waals surface area contributed by atoms with Crippen molar-refractivity contribution in [1.29, 1.82) is 0 Å². The Morgan fingerprint density at radius 3 is 2.14 bits per heavy atom. The van der Waals surface area contributed by atoms with Crippen LogP contribution in [0.1, 0.15) is 51.5 Å². The Labute approximate surface area is 216 Å². The van der Waals surface area contributed by atoms with Crippen molar-refractivity contribution in [3.05, 3.63) is 90.0 Å². The number of hydrogen-bond donors (Lipinski definition) is 0. The molecule has 1 fully saturated rings. The van der Waals surface area contributed by atoms with Gasteiger partial charge in [0.1, 0.15) is 0 Å². The summed E-state index contributed by atoms with van der Waals surface area (Å²) in [5, 5.41) is 0. The van der Waals surface area contributed by atoms with E-state index in [2.05, 4.69) is 29.2 Å². The number of allylic oxidation sites excluding steroid dienone is 1. The highest BCUT2D eigenvalue weighted by molar-refractivity contribution is 5.96. The van der Waals surface area contributed by atoms with Crippen LogP contribution >= 0.6 is 0 Å². The lowest BCUT2D eigenvalue weighted by atomic mass is 9.88. The summed E-state index contributed by atoms with van der Waals surface area (Å²) in [6, 6.07) is 23.9. The van der Waals surface area contributed by atoms with Gasteiger partial charge in [0.2, 0.25) is 5.91 Å². The topological polar surface area (TPSA) is 40.6 Å². The van der Waals surface area contributed by atoms with Gasteiger partial charge in [-0.3, -0.25) is 9.59 Å². The Hall–Kier alpha value is -3.66. The maximum absolute atomic E-state index is 13.8. The van der Waals surface area contributed by atoms with E-state index in [-0.39, 0.29) is 17.6 Å². The van der Waals surface area contributed by atoms with Crippen molar-refractivity contribution < 1.29 is 11.0 Å². The third kappa shape index (κ3) is 6.51. The molecule has 1 aliphatic rings. The number of rotatable bonds is 8. The average Bonchev–Trinajstić information content (AvgIpc) is 2.93. The lowest BCUT2D eigenvalue weighted by Gasteiger charge is -2.30. The SMILES string of the molecule is [2H]C(c1ccc(-c2ccc(N(C)C)cc2)cc1)N(C(=O)C1CCCCC1)c1cccc(/C=C/C(C)=O)c1. The highest BCUT2D eigenvalue weighted by atomic mass is 16.2. The van der Waals surface area contributed by atoms with Crippen LogP contribution in [-0.4, -0.2) is 25.8 Å². The van der Waals surface area contributed by atoms with Crippen LogP contribution in [0, 0.1) is 5.92 Å². The minimum Gasteiger partial charge on any atom is -0.378 e. The Balaban J connectivity index is 1.64. The lowest BCUT2D eigenvalue weighted by Crippen LogP contribution is -2.36. The number of nitrogens with zero attached hydrogens (tertiary/aromatic N) is 2. The number of benzene rings is 3. The lowest BCUT2D eigenvalue weighted by molar-refractivity contribution is -0.123. The van der Waals surface area contributed by atoms with E-state index in [1.54, 1.807) is 11.0 Å². The number of ketones is 1. The molecule has 186 valence electrons. The first-order valence-electron chi connectivity index (χ1n) is 13.3. The first-order chi connectivity index (χ1) is 17.8. The van der Waals surface area contributed by atoms with Crippen LogP contribution in [0.2, 0.25) is 0 Å². The molecule has 36 heavy (non-hydrogen) atoms. The van der Waals surface area contributed by atoms with Crippen LogP contribution in [0.25, 0.3) is 17.2 Å². The largest absolute Gasteiger partial charge is 0.378 e. The Morgan fingerprint density at radius 1 is 0.889 bits per heavy atom. The quantitative estimate of drug-likeness (QED) is 0.321. The monoisotopic (exact) mass is 481 g/mol. The standard InChI is InChI=1S/C32H36N2O2/c1-24(35)12-13-25-8-7-11-31(22-25)34(32(36)29-9-5-4-6-10-29)23-26-14-16-27(17-15-26)28-18-20-30(21-19-28)33(2)3/h7-8,11-22,29H,4-6,9-10,23H2,1-3H3/b13-12+/i23D. The minimum absolute atomic E-state index is 0.00995. The number of carbonyl (C=O) groups excluding carboxylic acids is 2. The summed E-state index contributed by atoms with van der Waals surface area (Å²) in [6.07, 6.45) is 8.28. The second kappa shape index (κ2) is 11.9. The van der Waals surface area contributed by atoms with Gasteiger partial charge >= 0.3 is 0 Å². The highest BCUT2D eigenvalue weighted by Gasteiger charge is 2.27. The van der Waals surface area contributed by atoms with E-state index >= 15 is 0 Å². The molecule has 1 unspecified atom stereocenters. The zero-order valence-corrected chi connectivity index (χ0v) is 21.5. The molecule has 0 aromatic heterocycles. The zero-order valence-electron chi connectivity index (χ0n) is 22.5. The van der Waals surface area contributed by atoms with Crippen molar-refractivity contribution in [2.45, 2.75) is 45.5 Å². The van der Waals surface area contributed by atoms with Crippen LogP contribution in [0.5, 0.6) is 0 Å². The van der Waals surface area contributed by atoms with Crippen LogP contribution < -0.4 is 9.80 Å². The first kappa shape index (κ1) is 24.1. The molecule has 1 atom stereocenters. The highest BCUT2D eigenvalue weighted by Crippen LogP contribution is 2.30. The minimum atomic E-state index is -0.869. The van der Waals surface area contributed by atoms with Gasteiger partial charge in [0.05, 0.1) is 7.89 Å². The predicted octanol–water partition coefficient (Wildman–Crippen LogP) is 7.14. The Bertz CT molecular complexity index is 1240. The third-order valence-electron chi connectivity index (χ3n) is 6.76. The van der Waals surface area contributed by atoms with E-state index in [1.807, 2.05) is 62.6 Å². The van der Waals surface area contributed by atoms with Gasteiger partial charge in [-0.25, -0.2) is 0 Å². The second-order valence-corrected chi connectivity index (χ2v) is 9.77. The molecule has 0 heterocycles. The molecule has 1 aliphatic carbocycles. The molecule has 1 saturated carbocycles. The Kier molecular flexibility index (Phi) is 7.92. The molecule has 4 heteroatoms. The van der Waals surface area contributed by atoms with E-state index in [4.69, 9.17) is 0 Å². The van der Waals surface area contributed by atoms with Gasteiger partial charge in [-0.2, -0.15) is 0 Å². The van der Waals surface area contributed by atoms with E-state index < -0.39 is 6.52 Å². The van der Waals surface area contributed by atoms with Crippen LogP contribution in [0.4, 0.5) is 11.4 Å². The number of carbonyl (C=O) groups is 2. The molecule has 0 bridgehead atoms. The van der Waals surface area contributed by atoms with E-state index in [1.165, 1.54) is 13.0 Å². The van der Waals surface area contributed by atoms with Crippen LogP contribution in [0.3, 0.4) is 0 Å². The molecule has 4 nitrogen and oxygen atoms in total. The average molecular weight is 482 g/mol. The predicted molar refractivity (Wildman–Crippen MR) is 150 cm³/mol. The van der Waals surface area contributed by atoms with Crippen molar-refractivity contribution >= 4 is 29.1 Å². The fourth-order valence-electron chi connectivity index (χ4n) is 4.67. The summed E-state index contributed by atoms with van der Waals surface area (Å²) in [5.41, 5.74) is 5.61. The van der Waals surface area contributed by atoms with Crippen LogP contribution in [0.15, 0.2) is 78.9 Å². The van der Waals surface area contributed by atoms with E-state index in [0.29, 0.717) is 5.69 Å². The van der Waals surface area contributed by atoms with Crippen molar-refractivity contribution in [3.8, 4) is 11.1 Å². The molecule has 0 radical (unpaired) electrons. The number of anilines is 2. The van der Waals surface area contributed by atoms with Crippen molar-refractivity contribution in [2.75, 3.05) is 23.9 Å². The van der Waals surface area contributed by atoms with E-state index in [0.717, 1.165) is 60.0 Å². The normalized spacial score (nSPS) is 15.4. The summed E-state index contributed by atoms with van der Waals surface area (Å²) in [7, 11) is 4.04. The van der Waals surface area contributed by atoms with Gasteiger partial charge in [0, 0.05) is 31.4 Å². The van der Waals surface area contributed by atoms with Crippen molar-refractivity contribution in [1.82, 2.24) is 0 Å². The summed E-state index contributed by atoms with van der Waals surface area (Å²) < 4.78 is 9.18. The maximum atomic E-state index is 13.8. The van der Waals surface area contributed by atoms with E-state index in [9.17, 15) is 11.0 Å². The summed E-state index contributed by atoms with van der Waals surface area (Å²) >= 11 is 0. The van der Waals surface area contributed by atoms with Crippen LogP contribution in [-0.2, 0) is 16.1 Å². The molecule has 4 rings (SSSR count). The zero-order chi connectivity index (χ0) is 26.4. The third-order valence-corrected chi connectivity index (χ3v) is 6.76. The number of amides is 1. The summed E-state index contributed by atoms with van der Waals surface area (Å²) in [4.78, 5) is 28.9. The van der Waals surface area contributed by atoms with Gasteiger partial charge < -0.3 is 9.80 Å². The van der Waals surface area contributed by atoms with Gasteiger partial charge in [-0.1, -0.05) is 73.9 Å². The second-order valence-electron chi connectivity index (χ2n) is 9.77. The van der Waals surface area contributed by atoms with Gasteiger partial charge in [-0.15, -0.1) is 0 Å². The smallest absolute Gasteiger partial charge is 0.230 e. The fourth-order valence-corrected chi connectivity index (χ4v) is 4.67. The molecular formula is C32H36N2O2. The van der Waals surface area contributed by atoms with Crippen molar-refractivity contribution in [2.24, 2.45) is 5.92 Å². The summed E-state index contributed by atoms with van der Waals surface area (Å²) in [5.74, 6) is -0.0846. The van der Waals surface area contributed by atoms with Crippen molar-refractivity contribution in [3.63, 3.8) is 0 Å². The summed E-state index contributed by atoms with van der Waals surface area (Å²) in [6.45, 7) is 0.644. The molecule has 0 N–H and O–H groups in total. The first-order valence-corrected chi connectivity index (χ1v) is 12.8. The molecule has 3 aromatic carbocycles. The Morgan fingerprint density at radius 2 is 1.53 bits per heavy atom. The van der Waals surface area contributed by atoms with Gasteiger partial charge in [-0.05, 0) is 72.4 Å². The molecule has 3 aromatic rings. The molecule has 0 aliphatic heterocycles. The van der Waals surface area contributed by atoms with Gasteiger partial charge in [0.15, 0.2) is 5.78 Å². The van der Waals surface area contributed by atoms with Gasteiger partial charge in [0.25, 0.3) is 0 Å². The maximum Gasteiger partial charge on any atom is 0.230 e. The molecule has 1 amide bonds. The molecule has 0 spiro atoms. The fraction of sp³-hybridized carbons (Fsp3) is 0.312. The number of hydrogen-bond acceptors (Lipinski definition) is 3. The molecular weight excluding hydrogens is 444 g/mol. The molecule has 0 saturated heterocycles.